The Hall–Kier alpha value is -0.120. The van der Waals surface area contributed by atoms with Gasteiger partial charge < -0.3 is 10.5 Å². The second-order valence-electron chi connectivity index (χ2n) is 7.78. The van der Waals surface area contributed by atoms with Gasteiger partial charge in [-0.2, -0.15) is 0 Å². The molecule has 0 radical (unpaired) electrons. The lowest BCUT2D eigenvalue weighted by molar-refractivity contribution is -0.0887. The number of rotatable bonds is 4. The van der Waals surface area contributed by atoms with Crippen LogP contribution in [0.4, 0.5) is 0 Å². The van der Waals surface area contributed by atoms with E-state index in [2.05, 4.69) is 25.8 Å². The summed E-state index contributed by atoms with van der Waals surface area (Å²) < 4.78 is 5.83. The van der Waals surface area contributed by atoms with Crippen molar-refractivity contribution in [3.8, 4) is 0 Å². The van der Waals surface area contributed by atoms with Crippen LogP contribution in [-0.2, 0) is 4.74 Å². The highest BCUT2D eigenvalue weighted by Crippen LogP contribution is 2.41. The van der Waals surface area contributed by atoms with Crippen LogP contribution in [0.1, 0.15) is 65.2 Å². The molecule has 0 aliphatic heterocycles. The molecule has 0 amide bonds. The third-order valence-electron chi connectivity index (χ3n) is 6.12. The van der Waals surface area contributed by atoms with Crippen LogP contribution in [0.5, 0.6) is 0 Å². The van der Waals surface area contributed by atoms with Crippen molar-refractivity contribution < 1.29 is 4.74 Å². The Labute approximate surface area is 125 Å². The minimum atomic E-state index is 0.0686. The molecule has 20 heavy (non-hydrogen) atoms. The highest BCUT2D eigenvalue weighted by Gasteiger charge is 2.46. The molecule has 0 aromatic rings. The van der Waals surface area contributed by atoms with E-state index in [1.54, 1.807) is 0 Å². The van der Waals surface area contributed by atoms with Crippen LogP contribution in [0.3, 0.4) is 0 Å². The first kappa shape index (κ1) is 16.3. The second kappa shape index (κ2) is 6.33. The molecule has 2 atom stereocenters. The maximum absolute atomic E-state index is 6.24. The van der Waals surface area contributed by atoms with Gasteiger partial charge in [0, 0.05) is 19.7 Å². The van der Waals surface area contributed by atoms with Crippen LogP contribution in [0.15, 0.2) is 0 Å². The number of nitrogens with two attached hydrogens (primary N) is 1. The fraction of sp³-hybridized carbons (Fsp3) is 1.00. The SMILES string of the molecule is COC1CCCCC1(CN)N(C)C1CCC(C)(C)CC1. The summed E-state index contributed by atoms with van der Waals surface area (Å²) in [7, 11) is 4.16. The van der Waals surface area contributed by atoms with Crippen molar-refractivity contribution in [3.63, 3.8) is 0 Å². The van der Waals surface area contributed by atoms with Gasteiger partial charge >= 0.3 is 0 Å². The normalized spacial score (nSPS) is 35.4. The molecule has 3 nitrogen and oxygen atoms in total. The van der Waals surface area contributed by atoms with E-state index in [9.17, 15) is 0 Å². The van der Waals surface area contributed by atoms with E-state index < -0.39 is 0 Å². The van der Waals surface area contributed by atoms with Crippen molar-refractivity contribution in [3.05, 3.63) is 0 Å². The van der Waals surface area contributed by atoms with Crippen LogP contribution in [-0.4, -0.2) is 43.3 Å². The van der Waals surface area contributed by atoms with Crippen LogP contribution < -0.4 is 5.73 Å². The van der Waals surface area contributed by atoms with Crippen molar-refractivity contribution in [2.45, 2.75) is 82.9 Å². The Morgan fingerprint density at radius 1 is 1.10 bits per heavy atom. The lowest BCUT2D eigenvalue weighted by atomic mass is 9.72. The van der Waals surface area contributed by atoms with E-state index in [4.69, 9.17) is 10.5 Å². The first-order chi connectivity index (χ1) is 9.45. The van der Waals surface area contributed by atoms with Crippen LogP contribution in [0, 0.1) is 5.41 Å². The van der Waals surface area contributed by atoms with Gasteiger partial charge in [-0.3, -0.25) is 4.90 Å². The summed E-state index contributed by atoms with van der Waals surface area (Å²) in [6.07, 6.45) is 10.5. The fourth-order valence-corrected chi connectivity index (χ4v) is 4.44. The molecule has 2 fully saturated rings. The fourth-order valence-electron chi connectivity index (χ4n) is 4.44. The lowest BCUT2D eigenvalue weighted by Gasteiger charge is -2.53. The molecular weight excluding hydrogens is 248 g/mol. The van der Waals surface area contributed by atoms with Crippen molar-refractivity contribution in [2.75, 3.05) is 20.7 Å². The van der Waals surface area contributed by atoms with Crippen LogP contribution in [0.25, 0.3) is 0 Å². The Morgan fingerprint density at radius 3 is 2.30 bits per heavy atom. The van der Waals surface area contributed by atoms with Gasteiger partial charge in [0.15, 0.2) is 0 Å². The summed E-state index contributed by atoms with van der Waals surface area (Å²) >= 11 is 0. The predicted molar refractivity (Wildman–Crippen MR) is 84.9 cm³/mol. The van der Waals surface area contributed by atoms with Gasteiger partial charge in [0.05, 0.1) is 11.6 Å². The van der Waals surface area contributed by atoms with Crippen molar-refractivity contribution in [1.29, 1.82) is 0 Å². The lowest BCUT2D eigenvalue weighted by Crippen LogP contribution is -2.64. The molecule has 118 valence electrons. The molecule has 2 rings (SSSR count). The minimum Gasteiger partial charge on any atom is -0.379 e. The summed E-state index contributed by atoms with van der Waals surface area (Å²) in [4.78, 5) is 2.61. The number of hydrogen-bond acceptors (Lipinski definition) is 3. The molecule has 2 aliphatic carbocycles. The molecule has 0 spiro atoms. The molecule has 2 N–H and O–H groups in total. The molecule has 2 unspecified atom stereocenters. The minimum absolute atomic E-state index is 0.0686. The summed E-state index contributed by atoms with van der Waals surface area (Å²) in [5.41, 5.74) is 6.84. The highest BCUT2D eigenvalue weighted by molar-refractivity contribution is 5.02. The molecule has 2 saturated carbocycles. The zero-order chi connectivity index (χ0) is 14.8. The Kier molecular flexibility index (Phi) is 5.14. The largest absolute Gasteiger partial charge is 0.379 e. The van der Waals surface area contributed by atoms with Gasteiger partial charge in [-0.15, -0.1) is 0 Å². The number of hydrogen-bond donors (Lipinski definition) is 1. The van der Waals surface area contributed by atoms with Gasteiger partial charge in [0.25, 0.3) is 0 Å². The van der Waals surface area contributed by atoms with Crippen molar-refractivity contribution >= 4 is 0 Å². The van der Waals surface area contributed by atoms with Gasteiger partial charge in [0.1, 0.15) is 0 Å². The van der Waals surface area contributed by atoms with Crippen LogP contribution in [0.2, 0.25) is 0 Å². The zero-order valence-corrected chi connectivity index (χ0v) is 14.0. The second-order valence-corrected chi connectivity index (χ2v) is 7.78. The van der Waals surface area contributed by atoms with E-state index in [-0.39, 0.29) is 5.54 Å². The third-order valence-corrected chi connectivity index (χ3v) is 6.12. The van der Waals surface area contributed by atoms with E-state index in [1.165, 1.54) is 44.9 Å². The van der Waals surface area contributed by atoms with Crippen molar-refractivity contribution in [2.24, 2.45) is 11.1 Å². The number of methoxy groups -OCH3 is 1. The maximum atomic E-state index is 6.24. The number of ether oxygens (including phenoxy) is 1. The molecular formula is C17H34N2O. The predicted octanol–water partition coefficient (Wildman–Crippen LogP) is 3.17. The van der Waals surface area contributed by atoms with E-state index >= 15 is 0 Å². The van der Waals surface area contributed by atoms with Crippen molar-refractivity contribution in [1.82, 2.24) is 4.90 Å². The summed E-state index contributed by atoms with van der Waals surface area (Å²) in [5, 5.41) is 0. The highest BCUT2D eigenvalue weighted by atomic mass is 16.5. The van der Waals surface area contributed by atoms with Gasteiger partial charge in [-0.05, 0) is 51.0 Å². The first-order valence-corrected chi connectivity index (χ1v) is 8.41. The van der Waals surface area contributed by atoms with Gasteiger partial charge in [-0.1, -0.05) is 26.7 Å². The topological polar surface area (TPSA) is 38.5 Å². The molecule has 0 bridgehead atoms. The molecule has 0 aromatic carbocycles. The van der Waals surface area contributed by atoms with Gasteiger partial charge in [0.2, 0.25) is 0 Å². The smallest absolute Gasteiger partial charge is 0.0767 e. The average Bonchev–Trinajstić information content (AvgIpc) is 2.46. The summed E-state index contributed by atoms with van der Waals surface area (Å²) in [6.45, 7) is 5.53. The Morgan fingerprint density at radius 2 is 1.75 bits per heavy atom. The molecule has 3 heteroatoms. The van der Waals surface area contributed by atoms with Crippen LogP contribution >= 0.6 is 0 Å². The average molecular weight is 282 g/mol. The van der Waals surface area contributed by atoms with E-state index in [0.717, 1.165) is 13.0 Å². The van der Waals surface area contributed by atoms with E-state index in [1.807, 2.05) is 7.11 Å². The third kappa shape index (κ3) is 3.05. The number of nitrogens with zero attached hydrogens (tertiary/aromatic N) is 1. The molecule has 0 saturated heterocycles. The molecule has 2 aliphatic rings. The molecule has 0 aromatic heterocycles. The standard InChI is InChI=1S/C17H34N2O/c1-16(2)11-8-14(9-12-16)19(3)17(13-18)10-6-5-7-15(17)20-4/h14-15H,5-13,18H2,1-4H3. The Bertz CT molecular complexity index is 308. The maximum Gasteiger partial charge on any atom is 0.0767 e. The summed E-state index contributed by atoms with van der Waals surface area (Å²) in [5.74, 6) is 0. The number of likely N-dealkylation sites (N-methyl/N-ethyl adjacent to an activating group) is 1. The van der Waals surface area contributed by atoms with Gasteiger partial charge in [-0.25, -0.2) is 0 Å². The summed E-state index contributed by atoms with van der Waals surface area (Å²) in [6, 6.07) is 0.683. The monoisotopic (exact) mass is 282 g/mol. The Balaban J connectivity index is 2.10. The van der Waals surface area contributed by atoms with E-state index in [0.29, 0.717) is 17.6 Å². The quantitative estimate of drug-likeness (QED) is 0.860. The first-order valence-electron chi connectivity index (χ1n) is 8.41. The zero-order valence-electron chi connectivity index (χ0n) is 14.0. The molecule has 0 heterocycles.